The lowest BCUT2D eigenvalue weighted by Crippen LogP contribution is -2.09. The van der Waals surface area contributed by atoms with E-state index in [4.69, 9.17) is 10.5 Å². The third-order valence-electron chi connectivity index (χ3n) is 1.70. The molecular weight excluding hydrogens is 218 g/mol. The van der Waals surface area contributed by atoms with Crippen molar-refractivity contribution in [1.82, 2.24) is 9.97 Å². The van der Waals surface area contributed by atoms with Crippen LogP contribution in [0, 0.1) is 0 Å². The number of ether oxygens (including phenoxy) is 1. The molecule has 0 saturated heterocycles. The first-order valence-corrected chi connectivity index (χ1v) is 6.18. The zero-order valence-corrected chi connectivity index (χ0v) is 9.41. The van der Waals surface area contributed by atoms with Crippen molar-refractivity contribution in [1.29, 1.82) is 0 Å². The quantitative estimate of drug-likeness (QED) is 0.694. The number of hydrogen-bond donors (Lipinski definition) is 1. The van der Waals surface area contributed by atoms with E-state index in [2.05, 4.69) is 9.97 Å². The monoisotopic (exact) mass is 231 g/mol. The summed E-state index contributed by atoms with van der Waals surface area (Å²) in [5, 5.41) is -0.0437. The molecule has 1 rings (SSSR count). The highest BCUT2D eigenvalue weighted by Crippen LogP contribution is 2.12. The van der Waals surface area contributed by atoms with Crippen molar-refractivity contribution in [2.75, 3.05) is 19.9 Å². The Labute approximate surface area is 88.4 Å². The van der Waals surface area contributed by atoms with Crippen molar-refractivity contribution in [3.8, 4) is 6.01 Å². The molecule has 2 N–H and O–H groups in total. The Morgan fingerprint density at radius 3 is 2.60 bits per heavy atom. The average Bonchev–Trinajstić information content (AvgIpc) is 2.16. The summed E-state index contributed by atoms with van der Waals surface area (Å²) >= 11 is 0. The van der Waals surface area contributed by atoms with Crippen LogP contribution in [0.2, 0.25) is 0 Å². The summed E-state index contributed by atoms with van der Waals surface area (Å²) < 4.78 is 27.4. The van der Waals surface area contributed by atoms with E-state index in [0.717, 1.165) is 6.26 Å². The van der Waals surface area contributed by atoms with Crippen LogP contribution in [-0.4, -0.2) is 38.3 Å². The number of methoxy groups -OCH3 is 1. The van der Waals surface area contributed by atoms with Crippen LogP contribution < -0.4 is 10.5 Å². The number of nitrogens with two attached hydrogens (primary N) is 1. The van der Waals surface area contributed by atoms with Gasteiger partial charge in [-0.05, 0) is 12.6 Å². The number of aromatic nitrogens is 2. The van der Waals surface area contributed by atoms with E-state index in [-0.39, 0.29) is 11.0 Å². The van der Waals surface area contributed by atoms with Gasteiger partial charge in [0.2, 0.25) is 0 Å². The fourth-order valence-corrected chi connectivity index (χ4v) is 1.60. The minimum atomic E-state index is -3.35. The lowest BCUT2D eigenvalue weighted by atomic mass is 10.3. The van der Waals surface area contributed by atoms with Gasteiger partial charge in [-0.3, -0.25) is 0 Å². The molecule has 6 nitrogen and oxygen atoms in total. The van der Waals surface area contributed by atoms with E-state index < -0.39 is 9.84 Å². The third-order valence-corrected chi connectivity index (χ3v) is 2.67. The first kappa shape index (κ1) is 11.9. The topological polar surface area (TPSA) is 95.2 Å². The lowest BCUT2D eigenvalue weighted by molar-refractivity contribution is 0.373. The first-order chi connectivity index (χ1) is 6.97. The van der Waals surface area contributed by atoms with Gasteiger partial charge in [0.25, 0.3) is 0 Å². The maximum absolute atomic E-state index is 11.3. The van der Waals surface area contributed by atoms with E-state index in [1.165, 1.54) is 13.2 Å². The maximum Gasteiger partial charge on any atom is 0.317 e. The zero-order chi connectivity index (χ0) is 11.5. The van der Waals surface area contributed by atoms with Crippen LogP contribution in [0.3, 0.4) is 0 Å². The Kier molecular flexibility index (Phi) is 3.59. The Morgan fingerprint density at radius 1 is 1.47 bits per heavy atom. The van der Waals surface area contributed by atoms with Crippen molar-refractivity contribution in [3.63, 3.8) is 0 Å². The van der Waals surface area contributed by atoms with Crippen LogP contribution in [0.5, 0.6) is 6.01 Å². The van der Waals surface area contributed by atoms with E-state index in [9.17, 15) is 8.42 Å². The molecule has 1 aromatic heterocycles. The largest absolute Gasteiger partial charge is 0.467 e. The minimum Gasteiger partial charge on any atom is -0.467 e. The molecule has 1 aromatic rings. The zero-order valence-electron chi connectivity index (χ0n) is 8.60. The fraction of sp³-hybridized carbons (Fsp3) is 0.500. The number of hydrogen-bond acceptors (Lipinski definition) is 6. The van der Waals surface area contributed by atoms with Crippen LogP contribution in [0.15, 0.2) is 11.1 Å². The summed E-state index contributed by atoms with van der Waals surface area (Å²) in [7, 11) is -1.97. The molecule has 0 saturated carbocycles. The Morgan fingerprint density at radius 2 is 2.13 bits per heavy atom. The first-order valence-electron chi connectivity index (χ1n) is 4.29. The smallest absolute Gasteiger partial charge is 0.317 e. The van der Waals surface area contributed by atoms with E-state index >= 15 is 0 Å². The maximum atomic E-state index is 11.3. The minimum absolute atomic E-state index is 0.0429. The molecule has 0 spiro atoms. The van der Waals surface area contributed by atoms with Gasteiger partial charge >= 0.3 is 6.01 Å². The summed E-state index contributed by atoms with van der Waals surface area (Å²) in [4.78, 5) is 7.72. The Balaban J connectivity index is 3.23. The standard InChI is InChI=1S/C8H13N3O3S/c1-14-8-10-6(3-4-9)5-7(11-8)15(2,12)13/h5H,3-4,9H2,1-2H3. The highest BCUT2D eigenvalue weighted by molar-refractivity contribution is 7.90. The second kappa shape index (κ2) is 4.54. The molecule has 0 amide bonds. The van der Waals surface area contributed by atoms with Gasteiger partial charge in [-0.2, -0.15) is 4.98 Å². The van der Waals surface area contributed by atoms with Crippen LogP contribution in [0.4, 0.5) is 0 Å². The molecule has 0 aliphatic carbocycles. The molecule has 0 bridgehead atoms. The molecule has 0 fully saturated rings. The molecule has 0 aliphatic heterocycles. The lowest BCUT2D eigenvalue weighted by Gasteiger charge is -2.04. The van der Waals surface area contributed by atoms with Crippen LogP contribution in [0.1, 0.15) is 5.69 Å². The molecule has 0 aromatic carbocycles. The van der Waals surface area contributed by atoms with Crippen molar-refractivity contribution in [2.24, 2.45) is 5.73 Å². The van der Waals surface area contributed by atoms with E-state index in [0.29, 0.717) is 18.7 Å². The molecule has 84 valence electrons. The average molecular weight is 231 g/mol. The molecule has 0 aliphatic rings. The van der Waals surface area contributed by atoms with E-state index in [1.807, 2.05) is 0 Å². The summed E-state index contributed by atoms with van der Waals surface area (Å²) in [5.74, 6) is 0. The fourth-order valence-electron chi connectivity index (χ4n) is 1.01. The number of nitrogens with zero attached hydrogens (tertiary/aromatic N) is 2. The Bertz CT molecular complexity index is 444. The van der Waals surface area contributed by atoms with Gasteiger partial charge in [-0.1, -0.05) is 0 Å². The molecule has 15 heavy (non-hydrogen) atoms. The SMILES string of the molecule is COc1nc(CCN)cc(S(C)(=O)=O)n1. The highest BCUT2D eigenvalue weighted by Gasteiger charge is 2.13. The molecule has 0 atom stereocenters. The van der Waals surface area contributed by atoms with Crippen molar-refractivity contribution in [2.45, 2.75) is 11.4 Å². The van der Waals surface area contributed by atoms with Crippen LogP contribution >= 0.6 is 0 Å². The highest BCUT2D eigenvalue weighted by atomic mass is 32.2. The normalized spacial score (nSPS) is 11.4. The second-order valence-electron chi connectivity index (χ2n) is 3.00. The molecule has 1 heterocycles. The van der Waals surface area contributed by atoms with Gasteiger partial charge in [-0.15, -0.1) is 0 Å². The summed E-state index contributed by atoms with van der Waals surface area (Å²) in [5.41, 5.74) is 5.92. The molecule has 0 unspecified atom stereocenters. The van der Waals surface area contributed by atoms with Crippen molar-refractivity contribution in [3.05, 3.63) is 11.8 Å². The Hall–Kier alpha value is -1.21. The van der Waals surface area contributed by atoms with Gasteiger partial charge < -0.3 is 10.5 Å². The van der Waals surface area contributed by atoms with Crippen molar-refractivity contribution < 1.29 is 13.2 Å². The van der Waals surface area contributed by atoms with Gasteiger partial charge in [-0.25, -0.2) is 13.4 Å². The predicted octanol–water partition coefficient (Wildman–Crippen LogP) is -0.610. The molecule has 7 heteroatoms. The third kappa shape index (κ3) is 3.14. The second-order valence-corrected chi connectivity index (χ2v) is 4.96. The van der Waals surface area contributed by atoms with Gasteiger partial charge in [0.15, 0.2) is 14.9 Å². The van der Waals surface area contributed by atoms with Gasteiger partial charge in [0.1, 0.15) is 0 Å². The van der Waals surface area contributed by atoms with Gasteiger partial charge in [0, 0.05) is 12.7 Å². The van der Waals surface area contributed by atoms with E-state index in [1.54, 1.807) is 0 Å². The molecular formula is C8H13N3O3S. The number of rotatable bonds is 4. The summed E-state index contributed by atoms with van der Waals surface area (Å²) in [6.07, 6.45) is 1.57. The van der Waals surface area contributed by atoms with Crippen molar-refractivity contribution >= 4 is 9.84 Å². The van der Waals surface area contributed by atoms with Gasteiger partial charge in [0.05, 0.1) is 12.8 Å². The number of sulfone groups is 1. The van der Waals surface area contributed by atoms with Crippen LogP contribution in [0.25, 0.3) is 0 Å². The molecule has 0 radical (unpaired) electrons. The summed E-state index contributed by atoms with van der Waals surface area (Å²) in [6.45, 7) is 0.392. The summed E-state index contributed by atoms with van der Waals surface area (Å²) in [6, 6.07) is 1.45. The van der Waals surface area contributed by atoms with Crippen LogP contribution in [-0.2, 0) is 16.3 Å². The predicted molar refractivity (Wildman–Crippen MR) is 54.5 cm³/mol.